The van der Waals surface area contributed by atoms with E-state index >= 15 is 0 Å². The molecule has 0 radical (unpaired) electrons. The summed E-state index contributed by atoms with van der Waals surface area (Å²) in [6, 6.07) is 5.56. The highest BCUT2D eigenvalue weighted by atomic mass is 16.5. The van der Waals surface area contributed by atoms with Crippen LogP contribution in [0.3, 0.4) is 0 Å². The minimum absolute atomic E-state index is 0.140. The second-order valence-corrected chi connectivity index (χ2v) is 3.71. The van der Waals surface area contributed by atoms with Crippen molar-refractivity contribution in [2.24, 2.45) is 5.73 Å². The first-order chi connectivity index (χ1) is 9.02. The first-order valence-electron chi connectivity index (χ1n) is 5.47. The van der Waals surface area contributed by atoms with Crippen molar-refractivity contribution in [3.05, 3.63) is 24.3 Å². The van der Waals surface area contributed by atoms with E-state index in [4.69, 9.17) is 22.0 Å². The summed E-state index contributed by atoms with van der Waals surface area (Å²) in [5.74, 6) is 1.15. The minimum Gasteiger partial charge on any atom is -0.482 e. The van der Waals surface area contributed by atoms with Gasteiger partial charge in [-0.15, -0.1) is 12.3 Å². The quantitative estimate of drug-likeness (QED) is 0.646. The average Bonchev–Trinajstić information content (AvgIpc) is 2.37. The Morgan fingerprint density at radius 1 is 1.53 bits per heavy atom. The molecule has 0 saturated heterocycles. The number of aliphatic carboxylic acids is 1. The van der Waals surface area contributed by atoms with E-state index in [-0.39, 0.29) is 6.42 Å². The zero-order chi connectivity index (χ0) is 14.3. The maximum Gasteiger partial charge on any atom is 0.341 e. The van der Waals surface area contributed by atoms with Crippen molar-refractivity contribution >= 4 is 17.6 Å². The third-order valence-electron chi connectivity index (χ3n) is 2.14. The number of carbonyl (C=O) groups excluding carboxylic acids is 1. The van der Waals surface area contributed by atoms with E-state index in [0.717, 1.165) is 0 Å². The zero-order valence-electron chi connectivity index (χ0n) is 10.1. The number of nitrogens with one attached hydrogen (secondary N) is 1. The van der Waals surface area contributed by atoms with Crippen LogP contribution in [0, 0.1) is 12.3 Å². The second kappa shape index (κ2) is 7.03. The van der Waals surface area contributed by atoms with Crippen molar-refractivity contribution in [3.63, 3.8) is 0 Å². The highest BCUT2D eigenvalue weighted by Crippen LogP contribution is 2.17. The summed E-state index contributed by atoms with van der Waals surface area (Å²) in [6.45, 7) is -0.450. The van der Waals surface area contributed by atoms with E-state index < -0.39 is 24.5 Å². The van der Waals surface area contributed by atoms with Crippen LogP contribution >= 0.6 is 0 Å². The van der Waals surface area contributed by atoms with E-state index in [1.807, 2.05) is 0 Å². The van der Waals surface area contributed by atoms with E-state index in [1.54, 1.807) is 18.2 Å². The molecule has 19 heavy (non-hydrogen) atoms. The molecule has 0 aliphatic heterocycles. The van der Waals surface area contributed by atoms with Crippen LogP contribution in [0.25, 0.3) is 0 Å². The lowest BCUT2D eigenvalue weighted by atomic mass is 10.2. The van der Waals surface area contributed by atoms with E-state index in [1.165, 1.54) is 6.07 Å². The lowest BCUT2D eigenvalue weighted by Gasteiger charge is -2.10. The Morgan fingerprint density at radius 3 is 2.89 bits per heavy atom. The van der Waals surface area contributed by atoms with Gasteiger partial charge in [0.1, 0.15) is 5.75 Å². The molecule has 1 unspecified atom stereocenters. The molecule has 0 aromatic heterocycles. The van der Waals surface area contributed by atoms with Gasteiger partial charge in [0.15, 0.2) is 6.61 Å². The van der Waals surface area contributed by atoms with Gasteiger partial charge in [-0.1, -0.05) is 6.07 Å². The first-order valence-corrected chi connectivity index (χ1v) is 5.47. The standard InChI is InChI=1S/C13H14N2O4/c1-2-4-11(14)13(18)15-9-5-3-6-10(7-9)19-8-12(16)17/h1,3,5-7,11H,4,8,14H2,(H,15,18)(H,16,17). The Kier molecular flexibility index (Phi) is 5.38. The van der Waals surface area contributed by atoms with Gasteiger partial charge < -0.3 is 20.9 Å². The Bertz CT molecular complexity index is 508. The van der Waals surface area contributed by atoms with Crippen molar-refractivity contribution in [1.29, 1.82) is 0 Å². The highest BCUT2D eigenvalue weighted by Gasteiger charge is 2.12. The molecule has 6 heteroatoms. The van der Waals surface area contributed by atoms with Crippen LogP contribution in [-0.4, -0.2) is 29.6 Å². The fourth-order valence-corrected chi connectivity index (χ4v) is 1.26. The number of ether oxygens (including phenoxy) is 1. The summed E-state index contributed by atoms with van der Waals surface area (Å²) in [4.78, 5) is 22.0. The fraction of sp³-hybridized carbons (Fsp3) is 0.231. The average molecular weight is 262 g/mol. The number of amides is 1. The van der Waals surface area contributed by atoms with Gasteiger partial charge in [0, 0.05) is 18.2 Å². The van der Waals surface area contributed by atoms with Gasteiger partial charge in [-0.25, -0.2) is 4.79 Å². The summed E-state index contributed by atoms with van der Waals surface area (Å²) in [5, 5.41) is 11.1. The van der Waals surface area contributed by atoms with Crippen LogP contribution in [0.4, 0.5) is 5.69 Å². The predicted molar refractivity (Wildman–Crippen MR) is 69.6 cm³/mol. The minimum atomic E-state index is -1.08. The van der Waals surface area contributed by atoms with Crippen molar-refractivity contribution in [1.82, 2.24) is 0 Å². The van der Waals surface area contributed by atoms with Gasteiger partial charge in [0.2, 0.25) is 5.91 Å². The van der Waals surface area contributed by atoms with Crippen LogP contribution < -0.4 is 15.8 Å². The van der Waals surface area contributed by atoms with Gasteiger partial charge in [0.25, 0.3) is 0 Å². The fourth-order valence-electron chi connectivity index (χ4n) is 1.26. The van der Waals surface area contributed by atoms with Crippen LogP contribution in [0.15, 0.2) is 24.3 Å². The number of terminal acetylenes is 1. The van der Waals surface area contributed by atoms with Gasteiger partial charge >= 0.3 is 5.97 Å². The summed E-state index contributed by atoms with van der Waals surface area (Å²) in [5.41, 5.74) is 6.01. The Labute approximate surface area is 110 Å². The molecule has 1 atom stereocenters. The third-order valence-corrected chi connectivity index (χ3v) is 2.14. The van der Waals surface area contributed by atoms with Gasteiger partial charge in [-0.3, -0.25) is 4.79 Å². The van der Waals surface area contributed by atoms with E-state index in [9.17, 15) is 9.59 Å². The molecule has 100 valence electrons. The Hall–Kier alpha value is -2.52. The normalized spacial score (nSPS) is 11.2. The number of hydrogen-bond acceptors (Lipinski definition) is 4. The molecule has 0 bridgehead atoms. The molecule has 0 saturated carbocycles. The topological polar surface area (TPSA) is 102 Å². The van der Waals surface area contributed by atoms with Crippen LogP contribution in [0.1, 0.15) is 6.42 Å². The number of carboxylic acids is 1. The number of benzene rings is 1. The van der Waals surface area contributed by atoms with Crippen molar-refractivity contribution < 1.29 is 19.4 Å². The smallest absolute Gasteiger partial charge is 0.341 e. The second-order valence-electron chi connectivity index (χ2n) is 3.71. The number of carboxylic acid groups (broad SMARTS) is 1. The molecular weight excluding hydrogens is 248 g/mol. The van der Waals surface area contributed by atoms with E-state index in [0.29, 0.717) is 11.4 Å². The van der Waals surface area contributed by atoms with Crippen molar-refractivity contribution in [2.75, 3.05) is 11.9 Å². The van der Waals surface area contributed by atoms with Crippen molar-refractivity contribution in [2.45, 2.75) is 12.5 Å². The number of nitrogens with two attached hydrogens (primary N) is 1. The summed E-state index contributed by atoms with van der Waals surface area (Å²) < 4.78 is 4.98. The monoisotopic (exact) mass is 262 g/mol. The molecular formula is C13H14N2O4. The summed E-state index contributed by atoms with van der Waals surface area (Å²) in [6.07, 6.45) is 5.21. The molecule has 1 aromatic rings. The molecule has 0 aliphatic rings. The van der Waals surface area contributed by atoms with Gasteiger partial charge in [0.05, 0.1) is 6.04 Å². The molecule has 1 rings (SSSR count). The predicted octanol–water partition coefficient (Wildman–Crippen LogP) is 0.439. The van der Waals surface area contributed by atoms with Crippen LogP contribution in [0.2, 0.25) is 0 Å². The molecule has 0 heterocycles. The highest BCUT2D eigenvalue weighted by molar-refractivity contribution is 5.95. The lowest BCUT2D eigenvalue weighted by molar-refractivity contribution is -0.139. The van der Waals surface area contributed by atoms with Crippen LogP contribution in [0.5, 0.6) is 5.75 Å². The number of anilines is 1. The summed E-state index contributed by atoms with van der Waals surface area (Å²) >= 11 is 0. The SMILES string of the molecule is C#CCC(N)C(=O)Nc1cccc(OCC(=O)O)c1. The lowest BCUT2D eigenvalue weighted by Crippen LogP contribution is -2.35. The van der Waals surface area contributed by atoms with Gasteiger partial charge in [-0.05, 0) is 12.1 Å². The number of hydrogen-bond donors (Lipinski definition) is 3. The molecule has 6 nitrogen and oxygen atoms in total. The maximum atomic E-state index is 11.6. The van der Waals surface area contributed by atoms with Crippen molar-refractivity contribution in [3.8, 4) is 18.1 Å². The first kappa shape index (κ1) is 14.5. The Balaban J connectivity index is 2.64. The molecule has 4 N–H and O–H groups in total. The molecule has 1 amide bonds. The van der Waals surface area contributed by atoms with Gasteiger partial charge in [-0.2, -0.15) is 0 Å². The largest absolute Gasteiger partial charge is 0.482 e. The summed E-state index contributed by atoms with van der Waals surface area (Å²) in [7, 11) is 0. The molecule has 0 spiro atoms. The molecule has 1 aromatic carbocycles. The zero-order valence-corrected chi connectivity index (χ0v) is 10.1. The third kappa shape index (κ3) is 5.10. The molecule has 0 fully saturated rings. The van der Waals surface area contributed by atoms with E-state index in [2.05, 4.69) is 11.2 Å². The number of carbonyl (C=O) groups is 2. The Morgan fingerprint density at radius 2 is 2.26 bits per heavy atom. The molecule has 0 aliphatic carbocycles. The maximum absolute atomic E-state index is 11.6. The van der Waals surface area contributed by atoms with Crippen LogP contribution in [-0.2, 0) is 9.59 Å². The number of rotatable bonds is 6.